The van der Waals surface area contributed by atoms with Crippen LogP contribution in [-0.2, 0) is 6.54 Å². The van der Waals surface area contributed by atoms with Gasteiger partial charge in [-0.05, 0) is 54.9 Å². The van der Waals surface area contributed by atoms with Crippen LogP contribution in [0, 0.1) is 17.3 Å². The van der Waals surface area contributed by atoms with E-state index in [2.05, 4.69) is 41.5 Å². The van der Waals surface area contributed by atoms with Gasteiger partial charge >= 0.3 is 0 Å². The SMILES string of the molecule is CC1CC2(CC3C=CC2C3)CN1Cc1cccs1. The van der Waals surface area contributed by atoms with Gasteiger partial charge in [-0.25, -0.2) is 0 Å². The molecule has 2 heteroatoms. The van der Waals surface area contributed by atoms with Crippen LogP contribution in [-0.4, -0.2) is 17.5 Å². The lowest BCUT2D eigenvalue weighted by atomic mass is 9.74. The largest absolute Gasteiger partial charge is 0.295 e. The number of nitrogens with zero attached hydrogens (tertiary/aromatic N) is 1. The fourth-order valence-corrected chi connectivity index (χ4v) is 5.36. The van der Waals surface area contributed by atoms with Crippen molar-refractivity contribution in [3.63, 3.8) is 0 Å². The van der Waals surface area contributed by atoms with Crippen LogP contribution in [0.1, 0.15) is 31.1 Å². The van der Waals surface area contributed by atoms with Crippen molar-refractivity contribution in [2.45, 2.75) is 38.8 Å². The molecule has 3 aliphatic rings. The monoisotopic (exact) mass is 259 g/mol. The molecule has 0 aromatic carbocycles. The third-order valence-electron chi connectivity index (χ3n) is 5.41. The van der Waals surface area contributed by atoms with Gasteiger partial charge in [0, 0.05) is 24.0 Å². The van der Waals surface area contributed by atoms with Crippen molar-refractivity contribution >= 4 is 11.3 Å². The number of likely N-dealkylation sites (tertiary alicyclic amines) is 1. The predicted molar refractivity (Wildman–Crippen MR) is 76.6 cm³/mol. The zero-order chi connectivity index (χ0) is 12.2. The molecular weight excluding hydrogens is 238 g/mol. The van der Waals surface area contributed by atoms with Gasteiger partial charge in [-0.2, -0.15) is 0 Å². The van der Waals surface area contributed by atoms with Crippen LogP contribution >= 0.6 is 11.3 Å². The minimum Gasteiger partial charge on any atom is -0.295 e. The predicted octanol–water partition coefficient (Wildman–Crippen LogP) is 3.92. The van der Waals surface area contributed by atoms with Crippen LogP contribution in [0.25, 0.3) is 0 Å². The molecule has 96 valence electrons. The number of rotatable bonds is 2. The molecule has 2 fully saturated rings. The second-order valence-corrected chi connectivity index (χ2v) is 7.62. The van der Waals surface area contributed by atoms with Crippen molar-refractivity contribution in [3.8, 4) is 0 Å². The summed E-state index contributed by atoms with van der Waals surface area (Å²) >= 11 is 1.90. The van der Waals surface area contributed by atoms with E-state index < -0.39 is 0 Å². The molecule has 1 spiro atoms. The molecule has 0 radical (unpaired) electrons. The maximum atomic E-state index is 2.72. The Morgan fingerprint density at radius 3 is 3.00 bits per heavy atom. The van der Waals surface area contributed by atoms with Crippen LogP contribution in [0.4, 0.5) is 0 Å². The summed E-state index contributed by atoms with van der Waals surface area (Å²) in [5.41, 5.74) is 0.635. The van der Waals surface area contributed by atoms with Crippen molar-refractivity contribution in [2.24, 2.45) is 17.3 Å². The quantitative estimate of drug-likeness (QED) is 0.728. The van der Waals surface area contributed by atoms with E-state index in [9.17, 15) is 0 Å². The van der Waals surface area contributed by atoms with Crippen LogP contribution in [0.2, 0.25) is 0 Å². The van der Waals surface area contributed by atoms with Gasteiger partial charge in [0.15, 0.2) is 0 Å². The van der Waals surface area contributed by atoms with E-state index in [1.54, 1.807) is 0 Å². The molecule has 1 aromatic heterocycles. The van der Waals surface area contributed by atoms with Gasteiger partial charge in [-0.15, -0.1) is 11.3 Å². The van der Waals surface area contributed by atoms with Crippen LogP contribution in [0.3, 0.4) is 0 Å². The normalized spacial score (nSPS) is 42.4. The Hall–Kier alpha value is -0.600. The maximum absolute atomic E-state index is 2.72. The maximum Gasteiger partial charge on any atom is 0.0330 e. The van der Waals surface area contributed by atoms with Gasteiger partial charge in [-0.1, -0.05) is 18.2 Å². The standard InChI is InChI=1S/C16H21NS/c1-12-8-16(9-13-4-5-14(16)7-13)11-17(12)10-15-3-2-6-18-15/h2-6,12-14H,7-11H2,1H3. The van der Waals surface area contributed by atoms with Crippen LogP contribution in [0.15, 0.2) is 29.7 Å². The Labute approximate surface area is 114 Å². The zero-order valence-electron chi connectivity index (χ0n) is 11.0. The topological polar surface area (TPSA) is 3.24 Å². The highest BCUT2D eigenvalue weighted by molar-refractivity contribution is 7.09. The Morgan fingerprint density at radius 1 is 1.39 bits per heavy atom. The molecule has 1 nitrogen and oxygen atoms in total. The van der Waals surface area contributed by atoms with Crippen LogP contribution in [0.5, 0.6) is 0 Å². The molecule has 4 atom stereocenters. The first kappa shape index (κ1) is 11.2. The third kappa shape index (κ3) is 1.62. The summed E-state index contributed by atoms with van der Waals surface area (Å²) in [7, 11) is 0. The molecule has 1 saturated heterocycles. The summed E-state index contributed by atoms with van der Waals surface area (Å²) < 4.78 is 0. The van der Waals surface area contributed by atoms with Gasteiger partial charge in [0.05, 0.1) is 0 Å². The van der Waals surface area contributed by atoms with Gasteiger partial charge in [0.25, 0.3) is 0 Å². The van der Waals surface area contributed by atoms with E-state index in [0.29, 0.717) is 5.41 Å². The minimum absolute atomic E-state index is 0.635. The summed E-state index contributed by atoms with van der Waals surface area (Å²) in [4.78, 5) is 4.25. The van der Waals surface area contributed by atoms with Gasteiger partial charge < -0.3 is 0 Å². The Bertz CT molecular complexity index is 463. The fraction of sp³-hybridized carbons (Fsp3) is 0.625. The molecule has 4 unspecified atom stereocenters. The van der Waals surface area contributed by atoms with E-state index in [-0.39, 0.29) is 0 Å². The molecule has 2 aliphatic carbocycles. The summed E-state index contributed by atoms with van der Waals surface area (Å²) in [5, 5.41) is 2.20. The lowest BCUT2D eigenvalue weighted by Gasteiger charge is -2.31. The van der Waals surface area contributed by atoms with E-state index in [1.165, 1.54) is 37.2 Å². The second kappa shape index (κ2) is 3.94. The molecule has 4 rings (SSSR count). The van der Waals surface area contributed by atoms with Gasteiger partial charge in [0.2, 0.25) is 0 Å². The fourth-order valence-electron chi connectivity index (χ4n) is 4.63. The van der Waals surface area contributed by atoms with Gasteiger partial charge in [-0.3, -0.25) is 4.90 Å². The molecule has 1 aromatic rings. The lowest BCUT2D eigenvalue weighted by molar-refractivity contribution is 0.206. The number of allylic oxidation sites excluding steroid dienone is 2. The average molecular weight is 259 g/mol. The molecule has 1 aliphatic heterocycles. The number of fused-ring (bicyclic) bond motifs is 3. The molecule has 18 heavy (non-hydrogen) atoms. The highest BCUT2D eigenvalue weighted by Crippen LogP contribution is 2.57. The molecule has 0 amide bonds. The second-order valence-electron chi connectivity index (χ2n) is 6.59. The van der Waals surface area contributed by atoms with E-state index >= 15 is 0 Å². The molecule has 2 bridgehead atoms. The number of hydrogen-bond acceptors (Lipinski definition) is 2. The van der Waals surface area contributed by atoms with Crippen molar-refractivity contribution in [3.05, 3.63) is 34.5 Å². The van der Waals surface area contributed by atoms with Crippen molar-refractivity contribution in [1.82, 2.24) is 4.90 Å². The van der Waals surface area contributed by atoms with Crippen LogP contribution < -0.4 is 0 Å². The first-order valence-corrected chi connectivity index (χ1v) is 8.08. The Kier molecular flexibility index (Phi) is 2.46. The van der Waals surface area contributed by atoms with E-state index in [0.717, 1.165) is 17.9 Å². The molecule has 1 saturated carbocycles. The zero-order valence-corrected chi connectivity index (χ0v) is 11.8. The summed E-state index contributed by atoms with van der Waals surface area (Å²) in [6.45, 7) is 4.93. The van der Waals surface area contributed by atoms with Crippen molar-refractivity contribution in [2.75, 3.05) is 6.54 Å². The molecular formula is C16H21NS. The third-order valence-corrected chi connectivity index (χ3v) is 6.27. The highest BCUT2D eigenvalue weighted by Gasteiger charge is 2.53. The average Bonchev–Trinajstić information content (AvgIpc) is 3.05. The Morgan fingerprint density at radius 2 is 2.33 bits per heavy atom. The minimum atomic E-state index is 0.635. The van der Waals surface area contributed by atoms with Gasteiger partial charge in [0.1, 0.15) is 0 Å². The Balaban J connectivity index is 1.53. The lowest BCUT2D eigenvalue weighted by Crippen LogP contribution is -2.31. The highest BCUT2D eigenvalue weighted by atomic mass is 32.1. The smallest absolute Gasteiger partial charge is 0.0330 e. The number of thiophene rings is 1. The van der Waals surface area contributed by atoms with Crippen molar-refractivity contribution in [1.29, 1.82) is 0 Å². The summed E-state index contributed by atoms with van der Waals surface area (Å²) in [5.74, 6) is 1.79. The first-order valence-electron chi connectivity index (χ1n) is 7.20. The summed E-state index contributed by atoms with van der Waals surface area (Å²) in [6.07, 6.45) is 9.32. The summed E-state index contributed by atoms with van der Waals surface area (Å²) in [6, 6.07) is 5.22. The van der Waals surface area contributed by atoms with E-state index in [1.807, 2.05) is 11.3 Å². The molecule has 2 heterocycles. The van der Waals surface area contributed by atoms with Crippen molar-refractivity contribution < 1.29 is 0 Å². The van der Waals surface area contributed by atoms with E-state index in [4.69, 9.17) is 0 Å². The number of hydrogen-bond donors (Lipinski definition) is 0. The molecule has 0 N–H and O–H groups in total. The first-order chi connectivity index (χ1) is 8.75.